The Kier molecular flexibility index (Phi) is 4.82. The van der Waals surface area contributed by atoms with Crippen LogP contribution < -0.4 is 5.32 Å². The first-order valence-electron chi connectivity index (χ1n) is 9.37. The topological polar surface area (TPSA) is 50.2 Å². The van der Waals surface area contributed by atoms with Gasteiger partial charge in [0, 0.05) is 30.9 Å². The van der Waals surface area contributed by atoms with E-state index in [0.29, 0.717) is 5.56 Å². The summed E-state index contributed by atoms with van der Waals surface area (Å²) in [6.45, 7) is 1.70. The number of hydrogen-bond acceptors (Lipinski definition) is 3. The summed E-state index contributed by atoms with van der Waals surface area (Å²) in [7, 11) is 0. The van der Waals surface area contributed by atoms with Crippen LogP contribution in [0.15, 0.2) is 61.1 Å². The summed E-state index contributed by atoms with van der Waals surface area (Å²) in [5.74, 6) is -0.367. The monoisotopic (exact) mass is 402 g/mol. The third-order valence-electron chi connectivity index (χ3n) is 5.68. The summed E-state index contributed by atoms with van der Waals surface area (Å²) in [5.41, 5.74) is -0.345. The van der Waals surface area contributed by atoms with Crippen LogP contribution in [0.5, 0.6) is 0 Å². The highest BCUT2D eigenvalue weighted by molar-refractivity contribution is 5.83. The van der Waals surface area contributed by atoms with Gasteiger partial charge >= 0.3 is 6.18 Å². The van der Waals surface area contributed by atoms with Crippen molar-refractivity contribution in [1.82, 2.24) is 19.8 Å². The molecule has 1 aliphatic rings. The molecule has 1 N–H and O–H groups in total. The van der Waals surface area contributed by atoms with Crippen LogP contribution in [0.4, 0.5) is 13.2 Å². The van der Waals surface area contributed by atoms with E-state index in [1.807, 2.05) is 12.1 Å². The van der Waals surface area contributed by atoms with E-state index in [-0.39, 0.29) is 25.5 Å². The number of amides is 1. The molecule has 2 unspecified atom stereocenters. The molecule has 152 valence electrons. The first-order valence-corrected chi connectivity index (χ1v) is 9.37. The predicted molar refractivity (Wildman–Crippen MR) is 103 cm³/mol. The molecule has 1 fully saturated rings. The lowest BCUT2D eigenvalue weighted by atomic mass is 9.80. The van der Waals surface area contributed by atoms with Gasteiger partial charge in [0.2, 0.25) is 5.91 Å². The summed E-state index contributed by atoms with van der Waals surface area (Å²) < 4.78 is 43.5. The van der Waals surface area contributed by atoms with Crippen LogP contribution in [0.2, 0.25) is 0 Å². The van der Waals surface area contributed by atoms with Gasteiger partial charge in [-0.25, -0.2) is 0 Å². The maximum Gasteiger partial charge on any atom is 0.406 e. The van der Waals surface area contributed by atoms with Gasteiger partial charge in [0.25, 0.3) is 0 Å². The van der Waals surface area contributed by atoms with E-state index in [2.05, 4.69) is 10.3 Å². The molecule has 3 heterocycles. The summed E-state index contributed by atoms with van der Waals surface area (Å²) in [4.78, 5) is 18.7. The SMILES string of the molecule is CC1(c2ccccc2)C(C(F)(F)F)NCCN1C(=O)Cn1ccc2ccncc21. The van der Waals surface area contributed by atoms with E-state index in [0.717, 1.165) is 10.9 Å². The van der Waals surface area contributed by atoms with E-state index < -0.39 is 17.8 Å². The van der Waals surface area contributed by atoms with Crippen molar-refractivity contribution in [3.63, 3.8) is 0 Å². The van der Waals surface area contributed by atoms with Crippen LogP contribution in [-0.2, 0) is 16.9 Å². The number of piperazine rings is 1. The van der Waals surface area contributed by atoms with Gasteiger partial charge in [0.15, 0.2) is 0 Å². The minimum atomic E-state index is -4.51. The number of nitrogens with zero attached hydrogens (tertiary/aromatic N) is 3. The highest BCUT2D eigenvalue weighted by Gasteiger charge is 2.57. The Morgan fingerprint density at radius 2 is 2.00 bits per heavy atom. The third-order valence-corrected chi connectivity index (χ3v) is 5.68. The molecule has 1 saturated heterocycles. The van der Waals surface area contributed by atoms with Crippen molar-refractivity contribution in [2.24, 2.45) is 0 Å². The quantitative estimate of drug-likeness (QED) is 0.731. The number of halogens is 3. The molecular weight excluding hydrogens is 381 g/mol. The van der Waals surface area contributed by atoms with E-state index in [4.69, 9.17) is 0 Å². The summed E-state index contributed by atoms with van der Waals surface area (Å²) in [6, 6.07) is 10.2. The Morgan fingerprint density at radius 1 is 1.24 bits per heavy atom. The number of rotatable bonds is 3. The third kappa shape index (κ3) is 3.37. The number of carbonyl (C=O) groups is 1. The zero-order chi connectivity index (χ0) is 20.6. The largest absolute Gasteiger partial charge is 0.406 e. The van der Waals surface area contributed by atoms with Crippen LogP contribution >= 0.6 is 0 Å². The molecule has 0 radical (unpaired) electrons. The summed E-state index contributed by atoms with van der Waals surface area (Å²) >= 11 is 0. The second-order valence-electron chi connectivity index (χ2n) is 7.37. The van der Waals surface area contributed by atoms with Crippen molar-refractivity contribution in [1.29, 1.82) is 0 Å². The van der Waals surface area contributed by atoms with Gasteiger partial charge in [-0.1, -0.05) is 30.3 Å². The average Bonchev–Trinajstić information content (AvgIpc) is 3.11. The predicted octanol–water partition coefficient (Wildman–Crippen LogP) is 3.31. The number of pyridine rings is 1. The van der Waals surface area contributed by atoms with Crippen LogP contribution in [0.1, 0.15) is 12.5 Å². The Bertz CT molecular complexity index is 1020. The number of carbonyl (C=O) groups excluding carboxylic acids is 1. The maximum absolute atomic E-state index is 13.9. The highest BCUT2D eigenvalue weighted by Crippen LogP contribution is 2.41. The molecule has 4 rings (SSSR count). The molecule has 2 atom stereocenters. The lowest BCUT2D eigenvalue weighted by Gasteiger charge is -2.51. The van der Waals surface area contributed by atoms with Gasteiger partial charge in [-0.15, -0.1) is 0 Å². The van der Waals surface area contributed by atoms with Crippen molar-refractivity contribution in [3.8, 4) is 0 Å². The standard InChI is InChI=1S/C21H21F3N4O/c1-20(16-5-3-2-4-6-16)19(21(22,23)24)26-10-12-28(20)18(29)14-27-11-8-15-7-9-25-13-17(15)27/h2-9,11,13,19,26H,10,12,14H2,1H3. The van der Waals surface area contributed by atoms with Gasteiger partial charge in [0.1, 0.15) is 12.6 Å². The molecular formula is C21H21F3N4O. The molecule has 8 heteroatoms. The van der Waals surface area contributed by atoms with Crippen molar-refractivity contribution < 1.29 is 18.0 Å². The van der Waals surface area contributed by atoms with Crippen molar-refractivity contribution in [2.45, 2.75) is 31.2 Å². The number of aromatic nitrogens is 2. The van der Waals surface area contributed by atoms with Crippen LogP contribution in [0.25, 0.3) is 10.9 Å². The molecule has 0 bridgehead atoms. The van der Waals surface area contributed by atoms with Crippen LogP contribution in [-0.4, -0.2) is 45.7 Å². The summed E-state index contributed by atoms with van der Waals surface area (Å²) in [5, 5.41) is 3.51. The molecule has 5 nitrogen and oxygen atoms in total. The van der Waals surface area contributed by atoms with E-state index in [1.54, 1.807) is 53.5 Å². The molecule has 3 aromatic rings. The van der Waals surface area contributed by atoms with Gasteiger partial charge < -0.3 is 14.8 Å². The van der Waals surface area contributed by atoms with Crippen molar-refractivity contribution in [3.05, 3.63) is 66.6 Å². The summed E-state index contributed by atoms with van der Waals surface area (Å²) in [6.07, 6.45) is 0.557. The van der Waals surface area contributed by atoms with E-state index in [9.17, 15) is 18.0 Å². The Hall–Kier alpha value is -2.87. The van der Waals surface area contributed by atoms with Crippen molar-refractivity contribution >= 4 is 16.8 Å². The molecule has 2 aromatic heterocycles. The highest BCUT2D eigenvalue weighted by atomic mass is 19.4. The Morgan fingerprint density at radius 3 is 2.72 bits per heavy atom. The first kappa shape index (κ1) is 19.4. The molecule has 0 saturated carbocycles. The second kappa shape index (κ2) is 7.18. The first-order chi connectivity index (χ1) is 13.8. The van der Waals surface area contributed by atoms with Gasteiger partial charge in [-0.3, -0.25) is 9.78 Å². The number of hydrogen-bond donors (Lipinski definition) is 1. The van der Waals surface area contributed by atoms with E-state index in [1.165, 1.54) is 11.8 Å². The minimum Gasteiger partial charge on any atom is -0.337 e. The second-order valence-corrected chi connectivity index (χ2v) is 7.37. The van der Waals surface area contributed by atoms with Crippen LogP contribution in [0, 0.1) is 0 Å². The maximum atomic E-state index is 13.9. The Balaban J connectivity index is 1.72. The van der Waals surface area contributed by atoms with Crippen LogP contribution in [0.3, 0.4) is 0 Å². The molecule has 1 amide bonds. The lowest BCUT2D eigenvalue weighted by Crippen LogP contribution is -2.69. The normalized spacial score (nSPS) is 22.8. The Labute approximate surface area is 166 Å². The molecule has 0 spiro atoms. The lowest BCUT2D eigenvalue weighted by molar-refractivity contribution is -0.199. The fourth-order valence-electron chi connectivity index (χ4n) is 4.22. The minimum absolute atomic E-state index is 0.0534. The number of fused-ring (bicyclic) bond motifs is 1. The molecule has 0 aliphatic carbocycles. The number of benzene rings is 1. The smallest absolute Gasteiger partial charge is 0.337 e. The fraction of sp³-hybridized carbons (Fsp3) is 0.333. The van der Waals surface area contributed by atoms with E-state index >= 15 is 0 Å². The van der Waals surface area contributed by atoms with Gasteiger partial charge in [-0.05, 0) is 24.6 Å². The van der Waals surface area contributed by atoms with Gasteiger partial charge in [-0.2, -0.15) is 13.2 Å². The molecule has 29 heavy (non-hydrogen) atoms. The molecule has 1 aliphatic heterocycles. The average molecular weight is 402 g/mol. The number of nitrogens with one attached hydrogen (secondary N) is 1. The zero-order valence-electron chi connectivity index (χ0n) is 15.9. The van der Waals surface area contributed by atoms with Gasteiger partial charge in [0.05, 0.1) is 17.3 Å². The fourth-order valence-corrected chi connectivity index (χ4v) is 4.22. The zero-order valence-corrected chi connectivity index (χ0v) is 15.9. The number of alkyl halides is 3. The molecule has 1 aromatic carbocycles. The van der Waals surface area contributed by atoms with Crippen molar-refractivity contribution in [2.75, 3.05) is 13.1 Å².